The second-order valence-electron chi connectivity index (χ2n) is 5.28. The molecule has 2 unspecified atom stereocenters. The van der Waals surface area contributed by atoms with Crippen LogP contribution in [0.3, 0.4) is 0 Å². The number of hydrogen-bond acceptors (Lipinski definition) is 2. The summed E-state index contributed by atoms with van der Waals surface area (Å²) in [5, 5.41) is 1.26. The minimum atomic E-state index is -0.478. The van der Waals surface area contributed by atoms with Gasteiger partial charge in [-0.15, -0.1) is 0 Å². The first-order valence-electron chi connectivity index (χ1n) is 6.60. The molecule has 0 spiro atoms. The third kappa shape index (κ3) is 2.97. The fourth-order valence-corrected chi connectivity index (χ4v) is 3.97. The Hall–Kier alpha value is -0.620. The van der Waals surface area contributed by atoms with Crippen molar-refractivity contribution in [3.63, 3.8) is 0 Å². The van der Waals surface area contributed by atoms with Crippen molar-refractivity contribution in [2.24, 2.45) is 7.05 Å². The quantitative estimate of drug-likeness (QED) is 0.594. The molecule has 1 aromatic heterocycles. The van der Waals surface area contributed by atoms with Gasteiger partial charge in [0.1, 0.15) is 12.6 Å². The van der Waals surface area contributed by atoms with Crippen molar-refractivity contribution >= 4 is 39.1 Å². The van der Waals surface area contributed by atoms with E-state index in [-0.39, 0.29) is 0 Å². The summed E-state index contributed by atoms with van der Waals surface area (Å²) in [6.45, 7) is 1.30. The number of hydrogen-bond donors (Lipinski definition) is 0. The molecule has 3 rings (SSSR count). The van der Waals surface area contributed by atoms with Crippen LogP contribution in [0.1, 0.15) is 12.0 Å². The topological polar surface area (TPSA) is 30.9 Å². The summed E-state index contributed by atoms with van der Waals surface area (Å²) < 4.78 is 10.1. The zero-order valence-corrected chi connectivity index (χ0v) is 14.6. The number of ether oxygens (including phenoxy) is 1. The van der Waals surface area contributed by atoms with E-state index >= 15 is 0 Å². The van der Waals surface area contributed by atoms with Crippen LogP contribution in [-0.2, 0) is 23.9 Å². The third-order valence-electron chi connectivity index (χ3n) is 3.77. The molecule has 1 fully saturated rings. The Labute approximate surface area is 141 Å². The molecule has 1 aliphatic heterocycles. The highest BCUT2D eigenvalue weighted by Gasteiger charge is 2.44. The molecule has 1 saturated heterocycles. The van der Waals surface area contributed by atoms with Gasteiger partial charge in [-0.1, -0.05) is 45.2 Å². The van der Waals surface area contributed by atoms with E-state index in [0.29, 0.717) is 28.0 Å². The standard InChI is InChI=1S/C14H15BrCl2N3O/c1-19-8-18-9-20(19)7-14(5-10(15)6-21-14)12-3-2-11(16)4-13(12)17/h2-4,8-10H,5-7H2,1H3/q+1. The lowest BCUT2D eigenvalue weighted by Gasteiger charge is -2.29. The highest BCUT2D eigenvalue weighted by atomic mass is 79.9. The highest BCUT2D eigenvalue weighted by Crippen LogP contribution is 2.43. The summed E-state index contributed by atoms with van der Waals surface area (Å²) in [7, 11) is 1.95. The highest BCUT2D eigenvalue weighted by molar-refractivity contribution is 9.09. The summed E-state index contributed by atoms with van der Waals surface area (Å²) in [6, 6.07) is 5.56. The van der Waals surface area contributed by atoms with Gasteiger partial charge in [0, 0.05) is 20.4 Å². The fourth-order valence-electron chi connectivity index (χ4n) is 2.73. The maximum atomic E-state index is 6.42. The van der Waals surface area contributed by atoms with E-state index in [4.69, 9.17) is 27.9 Å². The zero-order chi connectivity index (χ0) is 15.0. The predicted octanol–water partition coefficient (Wildman–Crippen LogP) is 3.09. The van der Waals surface area contributed by atoms with Crippen molar-refractivity contribution in [2.45, 2.75) is 23.4 Å². The number of aryl methyl sites for hydroxylation is 1. The number of rotatable bonds is 3. The van der Waals surface area contributed by atoms with Crippen LogP contribution in [0.2, 0.25) is 10.0 Å². The van der Waals surface area contributed by atoms with Crippen molar-refractivity contribution in [3.05, 3.63) is 46.5 Å². The van der Waals surface area contributed by atoms with Crippen LogP contribution in [0, 0.1) is 0 Å². The third-order valence-corrected chi connectivity index (χ3v) is 4.91. The van der Waals surface area contributed by atoms with Crippen LogP contribution in [0.15, 0.2) is 30.9 Å². The molecule has 0 amide bonds. The normalized spacial score (nSPS) is 25.4. The van der Waals surface area contributed by atoms with Gasteiger partial charge in [-0.3, -0.25) is 0 Å². The Kier molecular flexibility index (Phi) is 4.28. The van der Waals surface area contributed by atoms with E-state index in [1.165, 1.54) is 0 Å². The first kappa shape index (κ1) is 15.3. The van der Waals surface area contributed by atoms with Crippen LogP contribution in [0.4, 0.5) is 0 Å². The fraction of sp³-hybridized carbons (Fsp3) is 0.429. The van der Waals surface area contributed by atoms with Gasteiger partial charge in [0.15, 0.2) is 0 Å². The van der Waals surface area contributed by atoms with E-state index in [2.05, 4.69) is 20.9 Å². The molecule has 1 aromatic carbocycles. The van der Waals surface area contributed by atoms with Crippen LogP contribution in [0.5, 0.6) is 0 Å². The molecule has 2 atom stereocenters. The number of halogens is 3. The molecule has 0 radical (unpaired) electrons. The molecule has 0 N–H and O–H groups in total. The van der Waals surface area contributed by atoms with Crippen molar-refractivity contribution in [3.8, 4) is 0 Å². The van der Waals surface area contributed by atoms with Crippen molar-refractivity contribution in [2.75, 3.05) is 6.61 Å². The zero-order valence-electron chi connectivity index (χ0n) is 11.5. The van der Waals surface area contributed by atoms with Crippen LogP contribution < -0.4 is 4.68 Å². The van der Waals surface area contributed by atoms with E-state index in [1.54, 1.807) is 18.7 Å². The minimum Gasteiger partial charge on any atom is -0.367 e. The first-order valence-corrected chi connectivity index (χ1v) is 8.27. The Morgan fingerprint density at radius 1 is 1.52 bits per heavy atom. The molecule has 21 heavy (non-hydrogen) atoms. The van der Waals surface area contributed by atoms with Crippen molar-refractivity contribution in [1.82, 2.24) is 9.67 Å². The second kappa shape index (κ2) is 5.88. The maximum absolute atomic E-state index is 6.42. The summed E-state index contributed by atoms with van der Waals surface area (Å²) in [5.74, 6) is 0. The van der Waals surface area contributed by atoms with Gasteiger partial charge in [-0.2, -0.15) is 9.36 Å². The molecule has 2 aromatic rings. The summed E-state index contributed by atoms with van der Waals surface area (Å²) in [4.78, 5) is 4.45. The van der Waals surface area contributed by atoms with Gasteiger partial charge in [0.25, 0.3) is 0 Å². The average Bonchev–Trinajstić information content (AvgIpc) is 2.98. The summed E-state index contributed by atoms with van der Waals surface area (Å²) >= 11 is 16.1. The molecule has 2 heterocycles. The van der Waals surface area contributed by atoms with Gasteiger partial charge < -0.3 is 4.74 Å². The largest absolute Gasteiger partial charge is 0.367 e. The summed E-state index contributed by atoms with van der Waals surface area (Å²) in [6.07, 6.45) is 4.39. The lowest BCUT2D eigenvalue weighted by atomic mass is 9.90. The van der Waals surface area contributed by atoms with Crippen LogP contribution >= 0.6 is 39.1 Å². The maximum Gasteiger partial charge on any atom is 0.306 e. The van der Waals surface area contributed by atoms with Gasteiger partial charge in [0.2, 0.25) is 6.33 Å². The van der Waals surface area contributed by atoms with Crippen LogP contribution in [0.25, 0.3) is 0 Å². The van der Waals surface area contributed by atoms with Crippen LogP contribution in [-0.4, -0.2) is 21.1 Å². The number of benzene rings is 1. The SMILES string of the molecule is C[n+]1cncn1CC1(c2ccc(Cl)cc2Cl)CC(Br)CO1. The van der Waals surface area contributed by atoms with Gasteiger partial charge in [-0.05, 0) is 23.5 Å². The first-order chi connectivity index (χ1) is 10.00. The van der Waals surface area contributed by atoms with Crippen molar-refractivity contribution < 1.29 is 9.42 Å². The number of aromatic nitrogens is 3. The smallest absolute Gasteiger partial charge is 0.306 e. The number of alkyl halides is 1. The van der Waals surface area contributed by atoms with E-state index in [1.807, 2.05) is 28.5 Å². The van der Waals surface area contributed by atoms with E-state index in [9.17, 15) is 0 Å². The van der Waals surface area contributed by atoms with Crippen molar-refractivity contribution in [1.29, 1.82) is 0 Å². The van der Waals surface area contributed by atoms with Gasteiger partial charge in [0.05, 0.1) is 13.2 Å². The Morgan fingerprint density at radius 3 is 2.90 bits per heavy atom. The molecule has 1 aliphatic rings. The van der Waals surface area contributed by atoms with Gasteiger partial charge in [-0.25, -0.2) is 0 Å². The molecule has 112 valence electrons. The Morgan fingerprint density at radius 2 is 2.33 bits per heavy atom. The second-order valence-corrected chi connectivity index (χ2v) is 7.42. The molecular formula is C14H15BrCl2N3O+. The van der Waals surface area contributed by atoms with E-state index in [0.717, 1.165) is 12.0 Å². The lowest BCUT2D eigenvalue weighted by Crippen LogP contribution is -2.44. The Bertz CT molecular complexity index is 663. The molecular weight excluding hydrogens is 377 g/mol. The minimum absolute atomic E-state index is 0.304. The lowest BCUT2D eigenvalue weighted by molar-refractivity contribution is -0.756. The average molecular weight is 392 g/mol. The predicted molar refractivity (Wildman–Crippen MR) is 84.8 cm³/mol. The Balaban J connectivity index is 2.03. The molecule has 0 bridgehead atoms. The molecule has 0 aliphatic carbocycles. The molecule has 0 saturated carbocycles. The monoisotopic (exact) mass is 390 g/mol. The molecule has 7 heteroatoms. The summed E-state index contributed by atoms with van der Waals surface area (Å²) in [5.41, 5.74) is 0.484. The number of nitrogens with zero attached hydrogens (tertiary/aromatic N) is 3. The van der Waals surface area contributed by atoms with Gasteiger partial charge >= 0.3 is 6.33 Å². The molecule has 4 nitrogen and oxygen atoms in total. The van der Waals surface area contributed by atoms with E-state index < -0.39 is 5.60 Å².